The summed E-state index contributed by atoms with van der Waals surface area (Å²) in [5.74, 6) is 0.691. The molecule has 0 amide bonds. The molecule has 0 aliphatic carbocycles. The van der Waals surface area contributed by atoms with Crippen molar-refractivity contribution in [2.75, 3.05) is 0 Å². The average Bonchev–Trinajstić information content (AvgIpc) is 2.29. The molecule has 0 aromatic heterocycles. The van der Waals surface area contributed by atoms with Gasteiger partial charge in [-0.25, -0.2) is 0 Å². The third kappa shape index (κ3) is 5.08. The van der Waals surface area contributed by atoms with Crippen LogP contribution in [0.1, 0.15) is 11.1 Å². The van der Waals surface area contributed by atoms with Crippen molar-refractivity contribution in [3.8, 4) is 11.5 Å². The molecule has 0 spiro atoms. The van der Waals surface area contributed by atoms with Crippen molar-refractivity contribution in [2.45, 2.75) is 13.8 Å². The molecule has 17 heavy (non-hydrogen) atoms. The van der Waals surface area contributed by atoms with Crippen LogP contribution < -0.4 is 0 Å². The summed E-state index contributed by atoms with van der Waals surface area (Å²) in [6.45, 7) is 3.99. The molecule has 0 aliphatic rings. The average molecular weight is 342 g/mol. The van der Waals surface area contributed by atoms with Crippen LogP contribution >= 0.6 is 22.6 Å². The van der Waals surface area contributed by atoms with Crippen molar-refractivity contribution in [1.29, 1.82) is 0 Å². The maximum atomic E-state index is 9.04. The smallest absolute Gasteiger partial charge is 0.128 e. The number of halogens is 1. The fraction of sp³-hybridized carbons (Fsp3) is 0.143. The number of aromatic hydroxyl groups is 2. The van der Waals surface area contributed by atoms with E-state index in [4.69, 9.17) is 10.2 Å². The van der Waals surface area contributed by atoms with Crippen LogP contribution in [0.2, 0.25) is 0 Å². The van der Waals surface area contributed by atoms with E-state index >= 15 is 0 Å². The van der Waals surface area contributed by atoms with Gasteiger partial charge in [-0.05, 0) is 66.3 Å². The molecule has 0 atom stereocenters. The van der Waals surface area contributed by atoms with Crippen LogP contribution in [0.4, 0.5) is 0 Å². The fourth-order valence-corrected chi connectivity index (χ4v) is 1.83. The second kappa shape index (κ2) is 6.49. The van der Waals surface area contributed by atoms with Gasteiger partial charge in [0.1, 0.15) is 11.5 Å². The minimum atomic E-state index is 0.329. The second-order valence-electron chi connectivity index (χ2n) is 3.79. The Morgan fingerprint density at radius 2 is 1.35 bits per heavy atom. The monoisotopic (exact) mass is 342 g/mol. The van der Waals surface area contributed by atoms with Crippen LogP contribution in [0, 0.1) is 17.4 Å². The van der Waals surface area contributed by atoms with Crippen LogP contribution in [0.5, 0.6) is 11.5 Å². The van der Waals surface area contributed by atoms with E-state index in [1.54, 1.807) is 18.2 Å². The van der Waals surface area contributed by atoms with E-state index in [0.29, 0.717) is 11.5 Å². The number of hydrogen-bond acceptors (Lipinski definition) is 2. The molecule has 0 aliphatic heterocycles. The number of rotatable bonds is 0. The molecule has 0 saturated carbocycles. The van der Waals surface area contributed by atoms with E-state index in [2.05, 4.69) is 22.6 Å². The zero-order valence-electron chi connectivity index (χ0n) is 9.81. The molecule has 0 bridgehead atoms. The summed E-state index contributed by atoms with van der Waals surface area (Å²) in [6, 6.07) is 12.6. The molecule has 0 unspecified atom stereocenters. The quantitative estimate of drug-likeness (QED) is 0.711. The van der Waals surface area contributed by atoms with Crippen molar-refractivity contribution in [1.82, 2.24) is 0 Å². The number of phenolic OH excluding ortho intramolecular Hbond substituents is 2. The van der Waals surface area contributed by atoms with E-state index in [-0.39, 0.29) is 0 Å². The van der Waals surface area contributed by atoms with Crippen molar-refractivity contribution < 1.29 is 10.2 Å². The van der Waals surface area contributed by atoms with Gasteiger partial charge < -0.3 is 10.2 Å². The first kappa shape index (κ1) is 13.8. The largest absolute Gasteiger partial charge is 0.508 e. The first-order valence-electron chi connectivity index (χ1n) is 5.20. The molecule has 0 saturated heterocycles. The number of hydrogen-bond donors (Lipinski definition) is 2. The highest BCUT2D eigenvalue weighted by molar-refractivity contribution is 14.1. The zero-order chi connectivity index (χ0) is 12.8. The third-order valence-electron chi connectivity index (χ3n) is 2.14. The highest BCUT2D eigenvalue weighted by Crippen LogP contribution is 2.19. The lowest BCUT2D eigenvalue weighted by Crippen LogP contribution is -1.74. The Bertz CT molecular complexity index is 457. The minimum Gasteiger partial charge on any atom is -0.508 e. The summed E-state index contributed by atoms with van der Waals surface area (Å²) in [4.78, 5) is 0. The Balaban J connectivity index is 0.000000171. The third-order valence-corrected chi connectivity index (χ3v) is 3.00. The van der Waals surface area contributed by atoms with E-state index in [9.17, 15) is 0 Å². The highest BCUT2D eigenvalue weighted by atomic mass is 127. The van der Waals surface area contributed by atoms with Crippen LogP contribution in [-0.2, 0) is 0 Å². The van der Waals surface area contributed by atoms with Gasteiger partial charge in [-0.15, -0.1) is 0 Å². The Labute approximate surface area is 115 Å². The van der Waals surface area contributed by atoms with Gasteiger partial charge in [-0.3, -0.25) is 0 Å². The summed E-state index contributed by atoms with van der Waals surface area (Å²) < 4.78 is 0.910. The molecule has 0 radical (unpaired) electrons. The molecule has 2 aromatic rings. The zero-order valence-corrected chi connectivity index (χ0v) is 12.0. The van der Waals surface area contributed by atoms with Crippen LogP contribution in [0.15, 0.2) is 42.5 Å². The van der Waals surface area contributed by atoms with E-state index in [0.717, 1.165) is 3.57 Å². The molecule has 0 fully saturated rings. The van der Waals surface area contributed by atoms with E-state index in [1.807, 2.05) is 38.1 Å². The Morgan fingerprint density at radius 3 is 1.76 bits per heavy atom. The number of phenols is 2. The van der Waals surface area contributed by atoms with E-state index in [1.165, 1.54) is 11.1 Å². The second-order valence-corrected chi connectivity index (χ2v) is 4.95. The SMILES string of the molecule is Cc1ccc(O)c(I)c1.Cc1ccc(O)cc1. The predicted molar refractivity (Wildman–Crippen MR) is 78.4 cm³/mol. The summed E-state index contributed by atoms with van der Waals surface area (Å²) in [5.41, 5.74) is 2.35. The summed E-state index contributed by atoms with van der Waals surface area (Å²) in [7, 11) is 0. The van der Waals surface area contributed by atoms with Gasteiger partial charge in [0.05, 0.1) is 3.57 Å². The van der Waals surface area contributed by atoms with Crippen LogP contribution in [0.3, 0.4) is 0 Å². The highest BCUT2D eigenvalue weighted by Gasteiger charge is 1.93. The Kier molecular flexibility index (Phi) is 5.28. The lowest BCUT2D eigenvalue weighted by atomic mass is 10.2. The van der Waals surface area contributed by atoms with Gasteiger partial charge in [0, 0.05) is 0 Å². The number of aryl methyl sites for hydroxylation is 2. The molecule has 2 aromatic carbocycles. The van der Waals surface area contributed by atoms with Crippen LogP contribution in [-0.4, -0.2) is 10.2 Å². The Morgan fingerprint density at radius 1 is 0.824 bits per heavy atom. The van der Waals surface area contributed by atoms with Crippen molar-refractivity contribution in [3.63, 3.8) is 0 Å². The summed E-state index contributed by atoms with van der Waals surface area (Å²) in [5, 5.41) is 17.8. The molecule has 2 N–H and O–H groups in total. The molecule has 0 heterocycles. The minimum absolute atomic E-state index is 0.329. The van der Waals surface area contributed by atoms with Gasteiger partial charge in [-0.1, -0.05) is 23.8 Å². The molecule has 3 heteroatoms. The maximum absolute atomic E-state index is 9.04. The lowest BCUT2D eigenvalue weighted by Gasteiger charge is -1.95. The van der Waals surface area contributed by atoms with Gasteiger partial charge in [0.25, 0.3) is 0 Å². The normalized spacial score (nSPS) is 9.35. The maximum Gasteiger partial charge on any atom is 0.128 e. The van der Waals surface area contributed by atoms with Crippen molar-refractivity contribution in [3.05, 3.63) is 57.2 Å². The molecule has 2 nitrogen and oxygen atoms in total. The number of benzene rings is 2. The Hall–Kier alpha value is -1.23. The van der Waals surface area contributed by atoms with Gasteiger partial charge in [0.2, 0.25) is 0 Å². The van der Waals surface area contributed by atoms with Gasteiger partial charge in [0.15, 0.2) is 0 Å². The fourth-order valence-electron chi connectivity index (χ4n) is 1.16. The van der Waals surface area contributed by atoms with Crippen molar-refractivity contribution in [2.24, 2.45) is 0 Å². The van der Waals surface area contributed by atoms with Gasteiger partial charge >= 0.3 is 0 Å². The van der Waals surface area contributed by atoms with Gasteiger partial charge in [-0.2, -0.15) is 0 Å². The van der Waals surface area contributed by atoms with Crippen molar-refractivity contribution >= 4 is 22.6 Å². The summed E-state index contributed by atoms with van der Waals surface area (Å²) in [6.07, 6.45) is 0. The molecule has 2 rings (SSSR count). The standard InChI is InChI=1S/C7H7IO.C7H8O/c1-5-2-3-7(9)6(8)4-5;1-6-2-4-7(8)5-3-6/h2-4,9H,1H3;2-5,8H,1H3. The molecule has 90 valence electrons. The first-order chi connectivity index (χ1) is 7.99. The topological polar surface area (TPSA) is 40.5 Å². The predicted octanol–water partition coefficient (Wildman–Crippen LogP) is 4.01. The first-order valence-corrected chi connectivity index (χ1v) is 6.27. The van der Waals surface area contributed by atoms with Crippen LogP contribution in [0.25, 0.3) is 0 Å². The summed E-state index contributed by atoms with van der Waals surface area (Å²) >= 11 is 2.10. The molecular weight excluding hydrogens is 327 g/mol. The van der Waals surface area contributed by atoms with E-state index < -0.39 is 0 Å². The lowest BCUT2D eigenvalue weighted by molar-refractivity contribution is 0.471. The molecular formula is C14H15IO2.